The highest BCUT2D eigenvalue weighted by Gasteiger charge is 2.03. The summed E-state index contributed by atoms with van der Waals surface area (Å²) in [5.74, 6) is 0.937. The summed E-state index contributed by atoms with van der Waals surface area (Å²) in [5.41, 5.74) is 2.11. The van der Waals surface area contributed by atoms with Crippen molar-refractivity contribution >= 4 is 0 Å². The lowest BCUT2D eigenvalue weighted by Crippen LogP contribution is -2.15. The van der Waals surface area contributed by atoms with E-state index < -0.39 is 0 Å². The maximum atomic E-state index is 5.74. The van der Waals surface area contributed by atoms with Crippen molar-refractivity contribution in [2.75, 3.05) is 27.2 Å². The third-order valence-electron chi connectivity index (χ3n) is 2.41. The van der Waals surface area contributed by atoms with Gasteiger partial charge >= 0.3 is 0 Å². The van der Waals surface area contributed by atoms with E-state index in [1.54, 1.807) is 0 Å². The smallest absolute Gasteiger partial charge is 0.140 e. The average Bonchev–Trinajstić information content (AvgIpc) is 2.25. The lowest BCUT2D eigenvalue weighted by atomic mass is 10.2. The van der Waals surface area contributed by atoms with E-state index in [9.17, 15) is 0 Å². The molecule has 1 aromatic rings. The number of aromatic nitrogens is 1. The second-order valence-corrected chi connectivity index (χ2v) is 4.26. The number of rotatable bonds is 6. The minimum atomic E-state index is 0.760. The normalized spacial score (nSPS) is 10.8. The van der Waals surface area contributed by atoms with Gasteiger partial charge in [-0.05, 0) is 46.0 Å². The molecule has 0 unspecified atom stereocenters. The van der Waals surface area contributed by atoms with Gasteiger partial charge in [0.15, 0.2) is 0 Å². The summed E-state index contributed by atoms with van der Waals surface area (Å²) in [5, 5.41) is 0. The average molecular weight is 222 g/mol. The predicted octanol–water partition coefficient (Wildman–Crippen LogP) is 2.28. The molecule has 0 aliphatic rings. The minimum absolute atomic E-state index is 0.760. The fourth-order valence-electron chi connectivity index (χ4n) is 1.55. The van der Waals surface area contributed by atoms with E-state index in [0.717, 1.165) is 43.1 Å². The molecule has 90 valence electrons. The molecule has 0 atom stereocenters. The van der Waals surface area contributed by atoms with Gasteiger partial charge in [-0.2, -0.15) is 0 Å². The molecule has 1 rings (SSSR count). The maximum Gasteiger partial charge on any atom is 0.140 e. The second kappa shape index (κ2) is 6.48. The van der Waals surface area contributed by atoms with Crippen LogP contribution in [0.1, 0.15) is 24.7 Å². The Hall–Kier alpha value is -1.09. The Morgan fingerprint density at radius 1 is 1.31 bits per heavy atom. The van der Waals surface area contributed by atoms with Crippen LogP contribution in [-0.2, 0) is 6.42 Å². The largest absolute Gasteiger partial charge is 0.492 e. The van der Waals surface area contributed by atoms with Crippen LogP contribution >= 0.6 is 0 Å². The molecule has 1 heterocycles. The van der Waals surface area contributed by atoms with Crippen LogP contribution < -0.4 is 4.74 Å². The maximum absolute atomic E-state index is 5.74. The molecule has 3 nitrogen and oxygen atoms in total. The van der Waals surface area contributed by atoms with Gasteiger partial charge in [0.05, 0.1) is 12.3 Å². The van der Waals surface area contributed by atoms with Crippen LogP contribution in [0.5, 0.6) is 5.75 Å². The molecule has 0 saturated carbocycles. The first-order valence-corrected chi connectivity index (χ1v) is 5.87. The molecule has 0 aromatic carbocycles. The Morgan fingerprint density at radius 3 is 2.69 bits per heavy atom. The number of nitrogens with zero attached hydrogens (tertiary/aromatic N) is 2. The molecule has 0 spiro atoms. The number of ether oxygens (including phenoxy) is 1. The van der Waals surface area contributed by atoms with Gasteiger partial charge in [0.1, 0.15) is 5.75 Å². The van der Waals surface area contributed by atoms with Crippen LogP contribution in [0.4, 0.5) is 0 Å². The second-order valence-electron chi connectivity index (χ2n) is 4.26. The van der Waals surface area contributed by atoms with E-state index in [4.69, 9.17) is 4.74 Å². The van der Waals surface area contributed by atoms with Crippen LogP contribution in [0.15, 0.2) is 12.1 Å². The van der Waals surface area contributed by atoms with E-state index >= 15 is 0 Å². The van der Waals surface area contributed by atoms with Crippen molar-refractivity contribution in [2.45, 2.75) is 26.7 Å². The zero-order valence-corrected chi connectivity index (χ0v) is 10.8. The Bertz CT molecular complexity index is 324. The van der Waals surface area contributed by atoms with Gasteiger partial charge in [0.25, 0.3) is 0 Å². The van der Waals surface area contributed by atoms with Crippen molar-refractivity contribution in [1.29, 1.82) is 0 Å². The summed E-state index contributed by atoms with van der Waals surface area (Å²) in [4.78, 5) is 6.63. The van der Waals surface area contributed by atoms with E-state index in [2.05, 4.69) is 30.9 Å². The standard InChI is InChI=1S/C13H22N2O/c1-5-12-13(8-7-11(2)14-12)16-10-6-9-15(3)4/h7-8H,5-6,9-10H2,1-4H3. The third-order valence-corrected chi connectivity index (χ3v) is 2.41. The van der Waals surface area contributed by atoms with Crippen molar-refractivity contribution in [1.82, 2.24) is 9.88 Å². The summed E-state index contributed by atoms with van der Waals surface area (Å²) in [7, 11) is 4.15. The van der Waals surface area contributed by atoms with E-state index in [1.165, 1.54) is 0 Å². The Morgan fingerprint density at radius 2 is 2.06 bits per heavy atom. The molecule has 0 bridgehead atoms. The highest BCUT2D eigenvalue weighted by Crippen LogP contribution is 2.17. The number of hydrogen-bond acceptors (Lipinski definition) is 3. The van der Waals surface area contributed by atoms with Crippen LogP contribution in [0.25, 0.3) is 0 Å². The minimum Gasteiger partial charge on any atom is -0.492 e. The Labute approximate surface area is 98.4 Å². The van der Waals surface area contributed by atoms with Gasteiger partial charge in [0, 0.05) is 12.2 Å². The van der Waals surface area contributed by atoms with E-state index in [0.29, 0.717) is 0 Å². The highest BCUT2D eigenvalue weighted by molar-refractivity contribution is 5.29. The molecule has 0 amide bonds. The molecule has 0 aliphatic heterocycles. The van der Waals surface area contributed by atoms with Gasteiger partial charge in [0.2, 0.25) is 0 Å². The molecular weight excluding hydrogens is 200 g/mol. The molecule has 0 aliphatic carbocycles. The summed E-state index contributed by atoms with van der Waals surface area (Å²) in [6.45, 7) is 5.93. The highest BCUT2D eigenvalue weighted by atomic mass is 16.5. The molecule has 0 radical (unpaired) electrons. The number of hydrogen-bond donors (Lipinski definition) is 0. The summed E-state index contributed by atoms with van der Waals surface area (Å²) < 4.78 is 5.74. The van der Waals surface area contributed by atoms with Crippen molar-refractivity contribution < 1.29 is 4.74 Å². The van der Waals surface area contributed by atoms with Gasteiger partial charge in [-0.25, -0.2) is 0 Å². The monoisotopic (exact) mass is 222 g/mol. The fraction of sp³-hybridized carbons (Fsp3) is 0.615. The SMILES string of the molecule is CCc1nc(C)ccc1OCCCN(C)C. The van der Waals surface area contributed by atoms with E-state index in [-0.39, 0.29) is 0 Å². The molecule has 0 saturated heterocycles. The first kappa shape index (κ1) is 13.0. The molecular formula is C13H22N2O. The summed E-state index contributed by atoms with van der Waals surface area (Å²) in [6.07, 6.45) is 1.97. The number of pyridine rings is 1. The van der Waals surface area contributed by atoms with Gasteiger partial charge < -0.3 is 9.64 Å². The predicted molar refractivity (Wildman–Crippen MR) is 67.0 cm³/mol. The molecule has 3 heteroatoms. The lowest BCUT2D eigenvalue weighted by Gasteiger charge is -2.12. The zero-order chi connectivity index (χ0) is 12.0. The van der Waals surface area contributed by atoms with Gasteiger partial charge in [-0.1, -0.05) is 6.92 Å². The van der Waals surface area contributed by atoms with Gasteiger partial charge in [-0.3, -0.25) is 4.98 Å². The van der Waals surface area contributed by atoms with E-state index in [1.807, 2.05) is 19.1 Å². The topological polar surface area (TPSA) is 25.4 Å². The lowest BCUT2D eigenvalue weighted by molar-refractivity contribution is 0.278. The van der Waals surface area contributed by atoms with Crippen molar-refractivity contribution in [3.05, 3.63) is 23.5 Å². The first-order valence-electron chi connectivity index (χ1n) is 5.87. The van der Waals surface area contributed by atoms with Crippen LogP contribution in [-0.4, -0.2) is 37.1 Å². The molecule has 0 fully saturated rings. The molecule has 1 aromatic heterocycles. The zero-order valence-electron chi connectivity index (χ0n) is 10.8. The fourth-order valence-corrected chi connectivity index (χ4v) is 1.55. The molecule has 16 heavy (non-hydrogen) atoms. The van der Waals surface area contributed by atoms with Crippen LogP contribution in [0.2, 0.25) is 0 Å². The number of aryl methyl sites for hydroxylation is 2. The Balaban J connectivity index is 2.47. The van der Waals surface area contributed by atoms with Crippen molar-refractivity contribution in [3.8, 4) is 5.75 Å². The van der Waals surface area contributed by atoms with Crippen molar-refractivity contribution in [2.24, 2.45) is 0 Å². The summed E-state index contributed by atoms with van der Waals surface area (Å²) >= 11 is 0. The Kier molecular flexibility index (Phi) is 5.26. The molecule has 0 N–H and O–H groups in total. The van der Waals surface area contributed by atoms with Gasteiger partial charge in [-0.15, -0.1) is 0 Å². The van der Waals surface area contributed by atoms with Crippen LogP contribution in [0, 0.1) is 6.92 Å². The quantitative estimate of drug-likeness (QED) is 0.690. The summed E-state index contributed by atoms with van der Waals surface area (Å²) in [6, 6.07) is 4.03. The first-order chi connectivity index (χ1) is 7.63. The third kappa shape index (κ3) is 4.19. The van der Waals surface area contributed by atoms with Crippen LogP contribution in [0.3, 0.4) is 0 Å². The van der Waals surface area contributed by atoms with Crippen molar-refractivity contribution in [3.63, 3.8) is 0 Å².